The lowest BCUT2D eigenvalue weighted by Gasteiger charge is -2.05. The smallest absolute Gasteiger partial charge is 0.314 e. The molecule has 0 aromatic heterocycles. The first kappa shape index (κ1) is 14.5. The van der Waals surface area contributed by atoms with Crippen LogP contribution < -0.4 is 5.73 Å². The Bertz CT molecular complexity index is 102. The molecule has 0 amide bonds. The maximum absolute atomic E-state index is 8.74. The van der Waals surface area contributed by atoms with Crippen LogP contribution in [-0.2, 0) is 4.57 Å². The first-order valence-electron chi connectivity index (χ1n) is 3.43. The van der Waals surface area contributed by atoms with E-state index in [1.807, 2.05) is 0 Å². The van der Waals surface area contributed by atoms with E-state index in [0.717, 1.165) is 0 Å². The molecule has 6 nitrogen and oxygen atoms in total. The lowest BCUT2D eigenvalue weighted by molar-refractivity contribution is 0.242. The maximum atomic E-state index is 8.74. The van der Waals surface area contributed by atoms with E-state index in [-0.39, 0.29) is 19.3 Å². The Balaban J connectivity index is 0. The van der Waals surface area contributed by atoms with E-state index in [0.29, 0.717) is 12.8 Å². The summed E-state index contributed by atoms with van der Waals surface area (Å²) in [6.45, 7) is 0.225. The largest absolute Gasteiger partial charge is 0.396 e. The van der Waals surface area contributed by atoms with Gasteiger partial charge in [-0.2, -0.15) is 0 Å². The van der Waals surface area contributed by atoms with E-state index in [2.05, 4.69) is 0 Å². The van der Waals surface area contributed by atoms with Crippen LogP contribution in [0.25, 0.3) is 0 Å². The standard InChI is InChI=1S/C5H13NO2.H3O3P/c6-5(1-3-7)2-4-8;1-4(2)3/h5,7-8H,1-4,6H2;4H,(H2,1,2,3). The van der Waals surface area contributed by atoms with Crippen molar-refractivity contribution >= 4 is 8.25 Å². The second-order valence-electron chi connectivity index (χ2n) is 2.07. The molecule has 0 atom stereocenters. The van der Waals surface area contributed by atoms with Crippen LogP contribution in [0.2, 0.25) is 0 Å². The van der Waals surface area contributed by atoms with Crippen molar-refractivity contribution in [2.24, 2.45) is 5.73 Å². The molecule has 0 radical (unpaired) electrons. The summed E-state index contributed by atoms with van der Waals surface area (Å²) in [6, 6.07) is -0.0370. The molecule has 7 heteroatoms. The van der Waals surface area contributed by atoms with Gasteiger partial charge in [-0.1, -0.05) is 0 Å². The fourth-order valence-electron chi connectivity index (χ4n) is 0.476. The monoisotopic (exact) mass is 201 g/mol. The number of aliphatic hydroxyl groups is 2. The van der Waals surface area contributed by atoms with Crippen LogP contribution in [-0.4, -0.2) is 39.3 Å². The van der Waals surface area contributed by atoms with Crippen molar-refractivity contribution in [2.75, 3.05) is 13.2 Å². The first-order valence-corrected chi connectivity index (χ1v) is 4.74. The Morgan fingerprint density at radius 1 is 1.17 bits per heavy atom. The minimum absolute atomic E-state index is 0.0370. The van der Waals surface area contributed by atoms with Crippen LogP contribution in [0.3, 0.4) is 0 Å². The van der Waals surface area contributed by atoms with Crippen molar-refractivity contribution in [1.82, 2.24) is 0 Å². The van der Waals surface area contributed by atoms with Crippen molar-refractivity contribution in [3.05, 3.63) is 0 Å². The van der Waals surface area contributed by atoms with Gasteiger partial charge >= 0.3 is 8.25 Å². The van der Waals surface area contributed by atoms with Gasteiger partial charge in [0.1, 0.15) is 0 Å². The Hall–Kier alpha value is 0.0300. The molecule has 0 rings (SSSR count). The van der Waals surface area contributed by atoms with Crippen LogP contribution in [0.5, 0.6) is 0 Å². The van der Waals surface area contributed by atoms with E-state index >= 15 is 0 Å². The van der Waals surface area contributed by atoms with E-state index in [1.54, 1.807) is 0 Å². The topological polar surface area (TPSA) is 124 Å². The summed E-state index contributed by atoms with van der Waals surface area (Å²) in [6.07, 6.45) is 1.17. The SMILES string of the molecule is NC(CCO)CCO.O=[PH](O)O. The molecule has 0 heterocycles. The quantitative estimate of drug-likeness (QED) is 0.350. The van der Waals surface area contributed by atoms with Gasteiger partial charge in [0.05, 0.1) is 0 Å². The molecule has 0 unspecified atom stereocenters. The van der Waals surface area contributed by atoms with Gasteiger partial charge in [-0.15, -0.1) is 0 Å². The zero-order valence-electron chi connectivity index (χ0n) is 6.68. The molecule has 12 heavy (non-hydrogen) atoms. The number of aliphatic hydroxyl groups excluding tert-OH is 2. The van der Waals surface area contributed by atoms with Gasteiger partial charge in [0, 0.05) is 19.3 Å². The van der Waals surface area contributed by atoms with E-state index in [1.165, 1.54) is 0 Å². The average molecular weight is 201 g/mol. The second-order valence-corrected chi connectivity index (χ2v) is 2.63. The van der Waals surface area contributed by atoms with Crippen molar-refractivity contribution in [1.29, 1.82) is 0 Å². The molecule has 6 N–H and O–H groups in total. The first-order chi connectivity index (χ1) is 5.54. The molecule has 0 bridgehead atoms. The van der Waals surface area contributed by atoms with Crippen LogP contribution in [0.15, 0.2) is 0 Å². The number of rotatable bonds is 4. The average Bonchev–Trinajstić information content (AvgIpc) is 1.87. The zero-order valence-corrected chi connectivity index (χ0v) is 7.68. The van der Waals surface area contributed by atoms with Gasteiger partial charge in [-0.05, 0) is 12.8 Å². The summed E-state index contributed by atoms with van der Waals surface area (Å²) >= 11 is 0. The zero-order chi connectivity index (χ0) is 9.98. The van der Waals surface area contributed by atoms with Crippen LogP contribution in [0.1, 0.15) is 12.8 Å². The van der Waals surface area contributed by atoms with Crippen molar-refractivity contribution < 1.29 is 24.6 Å². The van der Waals surface area contributed by atoms with Gasteiger partial charge in [-0.3, -0.25) is 4.57 Å². The van der Waals surface area contributed by atoms with Crippen molar-refractivity contribution in [2.45, 2.75) is 18.9 Å². The minimum Gasteiger partial charge on any atom is -0.396 e. The highest BCUT2D eigenvalue weighted by atomic mass is 31.1. The summed E-state index contributed by atoms with van der Waals surface area (Å²) < 4.78 is 8.74. The molecule has 0 aromatic carbocycles. The van der Waals surface area contributed by atoms with E-state index < -0.39 is 8.25 Å². The molecule has 0 fully saturated rings. The number of nitrogens with two attached hydrogens (primary N) is 1. The van der Waals surface area contributed by atoms with Gasteiger partial charge in [-0.25, -0.2) is 0 Å². The Morgan fingerprint density at radius 2 is 1.42 bits per heavy atom. The molecule has 0 saturated carbocycles. The summed E-state index contributed by atoms with van der Waals surface area (Å²) in [5.41, 5.74) is 5.37. The summed E-state index contributed by atoms with van der Waals surface area (Å²) in [7, 11) is -3.13. The molecule has 0 aromatic rings. The Labute approximate surface area is 71.6 Å². The normalized spacial score (nSPS) is 9.92. The highest BCUT2D eigenvalue weighted by Gasteiger charge is 1.97. The molecular formula is C5H16NO5P. The summed E-state index contributed by atoms with van der Waals surface area (Å²) in [5, 5.41) is 16.6. The summed E-state index contributed by atoms with van der Waals surface area (Å²) in [5.74, 6) is 0. The molecule has 76 valence electrons. The highest BCUT2D eigenvalue weighted by Crippen LogP contribution is 1.98. The third-order valence-corrected chi connectivity index (χ3v) is 1.000. The highest BCUT2D eigenvalue weighted by molar-refractivity contribution is 7.30. The van der Waals surface area contributed by atoms with Gasteiger partial charge in [0.2, 0.25) is 0 Å². The third-order valence-electron chi connectivity index (χ3n) is 1.000. The minimum atomic E-state index is -3.13. The fourth-order valence-corrected chi connectivity index (χ4v) is 0.476. The van der Waals surface area contributed by atoms with Gasteiger partial charge in [0.15, 0.2) is 0 Å². The Kier molecular flexibility index (Phi) is 13.4. The van der Waals surface area contributed by atoms with Crippen LogP contribution in [0, 0.1) is 0 Å². The number of hydrogen-bond acceptors (Lipinski definition) is 4. The molecule has 0 spiro atoms. The molecule has 0 aliphatic rings. The number of hydrogen-bond donors (Lipinski definition) is 5. The van der Waals surface area contributed by atoms with Crippen LogP contribution in [0.4, 0.5) is 0 Å². The van der Waals surface area contributed by atoms with E-state index in [4.69, 9.17) is 30.3 Å². The van der Waals surface area contributed by atoms with Gasteiger partial charge < -0.3 is 25.7 Å². The molecular weight excluding hydrogens is 185 g/mol. The summed E-state index contributed by atoms with van der Waals surface area (Å²) in [4.78, 5) is 14.3. The molecule has 0 saturated heterocycles. The third kappa shape index (κ3) is 22.5. The Morgan fingerprint density at radius 3 is 1.58 bits per heavy atom. The van der Waals surface area contributed by atoms with Crippen molar-refractivity contribution in [3.8, 4) is 0 Å². The maximum Gasteiger partial charge on any atom is 0.314 e. The van der Waals surface area contributed by atoms with Crippen LogP contribution >= 0.6 is 8.25 Å². The molecule has 0 aliphatic carbocycles. The lowest BCUT2D eigenvalue weighted by Crippen LogP contribution is -2.22. The van der Waals surface area contributed by atoms with Gasteiger partial charge in [0.25, 0.3) is 0 Å². The van der Waals surface area contributed by atoms with E-state index in [9.17, 15) is 0 Å². The van der Waals surface area contributed by atoms with Crippen molar-refractivity contribution in [3.63, 3.8) is 0 Å². The predicted octanol–water partition coefficient (Wildman–Crippen LogP) is -1.56. The predicted molar refractivity (Wildman–Crippen MR) is 44.8 cm³/mol. The second kappa shape index (κ2) is 11.0. The lowest BCUT2D eigenvalue weighted by atomic mass is 10.2. The fraction of sp³-hybridized carbons (Fsp3) is 1.00. The molecule has 0 aliphatic heterocycles.